The van der Waals surface area contributed by atoms with Gasteiger partial charge in [0, 0.05) is 5.56 Å². The van der Waals surface area contributed by atoms with E-state index < -0.39 is 0 Å². The van der Waals surface area contributed by atoms with Gasteiger partial charge in [-0.3, -0.25) is 0 Å². The van der Waals surface area contributed by atoms with Gasteiger partial charge >= 0.3 is 0 Å². The lowest BCUT2D eigenvalue weighted by atomic mass is 9.80. The summed E-state index contributed by atoms with van der Waals surface area (Å²) in [6, 6.07) is 10.7. The lowest BCUT2D eigenvalue weighted by molar-refractivity contribution is 0.628. The lowest BCUT2D eigenvalue weighted by Gasteiger charge is -2.23. The average Bonchev–Trinajstić information content (AvgIpc) is 2.26. The lowest BCUT2D eigenvalue weighted by Crippen LogP contribution is -1.99. The zero-order chi connectivity index (χ0) is 10.4. The Morgan fingerprint density at radius 2 is 1.53 bits per heavy atom. The standard InChI is InChI=1S/C14H7F/c1-2-9-3-5-11-12-6-4-10(15)8-14(12)13(11)7-9/h1,3-8H. The van der Waals surface area contributed by atoms with Gasteiger partial charge in [0.05, 0.1) is 0 Å². The second-order valence-corrected chi connectivity index (χ2v) is 3.59. The van der Waals surface area contributed by atoms with Gasteiger partial charge in [0.25, 0.3) is 0 Å². The van der Waals surface area contributed by atoms with Gasteiger partial charge in [-0.2, -0.15) is 0 Å². The van der Waals surface area contributed by atoms with Gasteiger partial charge < -0.3 is 0 Å². The molecule has 0 atom stereocenters. The van der Waals surface area contributed by atoms with Gasteiger partial charge in [-0.05, 0) is 46.5 Å². The SMILES string of the molecule is C#Cc1ccc2c(c1)-c1cc(F)ccc1-2. The van der Waals surface area contributed by atoms with Crippen molar-refractivity contribution in [2.24, 2.45) is 0 Å². The Morgan fingerprint density at radius 3 is 2.27 bits per heavy atom. The van der Waals surface area contributed by atoms with Gasteiger partial charge in [-0.15, -0.1) is 6.42 Å². The van der Waals surface area contributed by atoms with Crippen LogP contribution in [0, 0.1) is 18.2 Å². The minimum atomic E-state index is -0.203. The van der Waals surface area contributed by atoms with E-state index in [0.29, 0.717) is 0 Å². The third kappa shape index (κ3) is 1.02. The molecule has 0 fully saturated rings. The van der Waals surface area contributed by atoms with Gasteiger partial charge in [0.1, 0.15) is 5.82 Å². The second-order valence-electron chi connectivity index (χ2n) is 3.59. The van der Waals surface area contributed by atoms with Crippen LogP contribution in [0.2, 0.25) is 0 Å². The van der Waals surface area contributed by atoms with Crippen LogP contribution >= 0.6 is 0 Å². The zero-order valence-corrected chi connectivity index (χ0v) is 7.92. The Labute approximate surface area is 87.4 Å². The van der Waals surface area contributed by atoms with E-state index in [4.69, 9.17) is 6.42 Å². The maximum atomic E-state index is 13.0. The molecule has 15 heavy (non-hydrogen) atoms. The van der Waals surface area contributed by atoms with E-state index in [9.17, 15) is 4.39 Å². The molecule has 70 valence electrons. The number of hydrogen-bond donors (Lipinski definition) is 0. The van der Waals surface area contributed by atoms with E-state index in [1.54, 1.807) is 6.07 Å². The van der Waals surface area contributed by atoms with Gasteiger partial charge in [-0.25, -0.2) is 4.39 Å². The molecule has 0 spiro atoms. The van der Waals surface area contributed by atoms with Gasteiger partial charge in [0.2, 0.25) is 0 Å². The molecular formula is C14H7F. The summed E-state index contributed by atoms with van der Waals surface area (Å²) >= 11 is 0. The molecule has 1 aliphatic carbocycles. The fourth-order valence-corrected chi connectivity index (χ4v) is 2.00. The van der Waals surface area contributed by atoms with Crippen molar-refractivity contribution in [2.75, 3.05) is 0 Å². The molecule has 0 nitrogen and oxygen atoms in total. The van der Waals surface area contributed by atoms with Crippen molar-refractivity contribution in [1.29, 1.82) is 0 Å². The molecule has 0 saturated carbocycles. The molecule has 2 aromatic carbocycles. The Hall–Kier alpha value is -2.07. The number of fused-ring (bicyclic) bond motifs is 4. The minimum absolute atomic E-state index is 0.203. The summed E-state index contributed by atoms with van der Waals surface area (Å²) in [6.07, 6.45) is 5.32. The Kier molecular flexibility index (Phi) is 1.49. The van der Waals surface area contributed by atoms with Crippen LogP contribution < -0.4 is 0 Å². The topological polar surface area (TPSA) is 0 Å². The average molecular weight is 194 g/mol. The molecule has 0 saturated heterocycles. The molecule has 0 N–H and O–H groups in total. The third-order valence-electron chi connectivity index (χ3n) is 2.75. The van der Waals surface area contributed by atoms with Crippen LogP contribution in [0.4, 0.5) is 4.39 Å². The van der Waals surface area contributed by atoms with E-state index in [0.717, 1.165) is 27.8 Å². The normalized spacial score (nSPS) is 10.9. The maximum absolute atomic E-state index is 13.0. The molecular weight excluding hydrogens is 187 g/mol. The fourth-order valence-electron chi connectivity index (χ4n) is 2.00. The molecule has 0 aromatic heterocycles. The maximum Gasteiger partial charge on any atom is 0.123 e. The molecule has 1 aliphatic rings. The highest BCUT2D eigenvalue weighted by Gasteiger charge is 2.22. The largest absolute Gasteiger partial charge is 0.207 e. The van der Waals surface area contributed by atoms with E-state index >= 15 is 0 Å². The van der Waals surface area contributed by atoms with E-state index in [1.165, 1.54) is 6.07 Å². The van der Waals surface area contributed by atoms with Crippen LogP contribution in [0.5, 0.6) is 0 Å². The summed E-state index contributed by atoms with van der Waals surface area (Å²) in [5.41, 5.74) is 5.12. The molecule has 1 heteroatoms. The van der Waals surface area contributed by atoms with Crippen molar-refractivity contribution < 1.29 is 4.39 Å². The van der Waals surface area contributed by atoms with Crippen LogP contribution in [0.25, 0.3) is 22.3 Å². The monoisotopic (exact) mass is 194 g/mol. The molecule has 0 amide bonds. The van der Waals surface area contributed by atoms with E-state index in [2.05, 4.69) is 5.92 Å². The van der Waals surface area contributed by atoms with Crippen LogP contribution in [-0.2, 0) is 0 Å². The van der Waals surface area contributed by atoms with Crippen LogP contribution in [0.3, 0.4) is 0 Å². The van der Waals surface area contributed by atoms with Crippen molar-refractivity contribution in [2.45, 2.75) is 0 Å². The number of hydrogen-bond acceptors (Lipinski definition) is 0. The summed E-state index contributed by atoms with van der Waals surface area (Å²) in [7, 11) is 0. The molecule has 0 aliphatic heterocycles. The molecule has 3 rings (SSSR count). The molecule has 0 heterocycles. The van der Waals surface area contributed by atoms with Crippen molar-refractivity contribution in [3.63, 3.8) is 0 Å². The quantitative estimate of drug-likeness (QED) is 0.481. The number of terminal acetylenes is 1. The van der Waals surface area contributed by atoms with Crippen LogP contribution in [-0.4, -0.2) is 0 Å². The van der Waals surface area contributed by atoms with Crippen molar-refractivity contribution in [1.82, 2.24) is 0 Å². The highest BCUT2D eigenvalue weighted by atomic mass is 19.1. The molecule has 0 bridgehead atoms. The van der Waals surface area contributed by atoms with Crippen molar-refractivity contribution in [3.8, 4) is 34.6 Å². The summed E-state index contributed by atoms with van der Waals surface area (Å²) in [5.74, 6) is 2.38. The van der Waals surface area contributed by atoms with E-state index in [-0.39, 0.29) is 5.82 Å². The summed E-state index contributed by atoms with van der Waals surface area (Å²) in [5, 5.41) is 0. The first-order chi connectivity index (χ1) is 7.29. The third-order valence-corrected chi connectivity index (χ3v) is 2.75. The predicted molar refractivity (Wildman–Crippen MR) is 58.8 cm³/mol. The Balaban J connectivity index is 2.23. The first kappa shape index (κ1) is 8.26. The van der Waals surface area contributed by atoms with Gasteiger partial charge in [0.15, 0.2) is 0 Å². The van der Waals surface area contributed by atoms with Crippen LogP contribution in [0.1, 0.15) is 5.56 Å². The Morgan fingerprint density at radius 1 is 0.867 bits per heavy atom. The smallest absolute Gasteiger partial charge is 0.123 e. The molecule has 0 unspecified atom stereocenters. The van der Waals surface area contributed by atoms with E-state index in [1.807, 2.05) is 24.3 Å². The Bertz CT molecular complexity index is 603. The molecule has 0 radical (unpaired) electrons. The van der Waals surface area contributed by atoms with Crippen LogP contribution in [0.15, 0.2) is 36.4 Å². The number of halogens is 1. The predicted octanol–water partition coefficient (Wildman–Crippen LogP) is 3.45. The highest BCUT2D eigenvalue weighted by molar-refractivity contribution is 6.02. The van der Waals surface area contributed by atoms with Crippen molar-refractivity contribution in [3.05, 3.63) is 47.8 Å². The first-order valence-corrected chi connectivity index (χ1v) is 4.70. The summed E-state index contributed by atoms with van der Waals surface area (Å²) in [4.78, 5) is 0. The van der Waals surface area contributed by atoms with Gasteiger partial charge in [-0.1, -0.05) is 18.1 Å². The second kappa shape index (κ2) is 2.71. The fraction of sp³-hybridized carbons (Fsp3) is 0. The summed E-state index contributed by atoms with van der Waals surface area (Å²) in [6.45, 7) is 0. The molecule has 2 aromatic rings. The highest BCUT2D eigenvalue weighted by Crippen LogP contribution is 2.47. The van der Waals surface area contributed by atoms with Crippen molar-refractivity contribution >= 4 is 0 Å². The zero-order valence-electron chi connectivity index (χ0n) is 7.92. The first-order valence-electron chi connectivity index (χ1n) is 4.70. The summed E-state index contributed by atoms with van der Waals surface area (Å²) < 4.78 is 13.0. The number of benzene rings is 2. The number of rotatable bonds is 0. The minimum Gasteiger partial charge on any atom is -0.207 e.